The molecule has 3 aromatic rings. The van der Waals surface area contributed by atoms with Gasteiger partial charge in [0.2, 0.25) is 0 Å². The van der Waals surface area contributed by atoms with Crippen LogP contribution in [0.1, 0.15) is 31.7 Å². The highest BCUT2D eigenvalue weighted by molar-refractivity contribution is 5.77. The summed E-state index contributed by atoms with van der Waals surface area (Å²) in [6, 6.07) is 31.1. The van der Waals surface area contributed by atoms with Gasteiger partial charge in [0.05, 0.1) is 12.6 Å². The summed E-state index contributed by atoms with van der Waals surface area (Å²) >= 11 is 0. The van der Waals surface area contributed by atoms with Crippen molar-refractivity contribution in [1.82, 2.24) is 0 Å². The standard InChI is InChI=1S/C33H27N3O/c1-24-10-9-15-30-31(32(23-34)35-2)22-29(37-33(24)30)21-18-25-16-19-28(20-17-25)36(26-11-5-3-6-12-26)27-13-7-4-8-14-27/h3-8,11-14,16-22,24H,9-10,15H2,1H3/b21-18+,32-31-. The lowest BCUT2D eigenvalue weighted by molar-refractivity contribution is 0.243. The van der Waals surface area contributed by atoms with E-state index in [1.807, 2.05) is 54.6 Å². The SMILES string of the molecule is [C-]#[N+]/C(C#N)=C1C=C(/C=C/c2ccc(N(c3ccccc3)c3ccccc3)cc2)OC2=C/1CCCC2C. The van der Waals surface area contributed by atoms with Crippen LogP contribution in [0, 0.1) is 23.8 Å². The van der Waals surface area contributed by atoms with Crippen molar-refractivity contribution in [3.05, 3.63) is 142 Å². The van der Waals surface area contributed by atoms with Crippen LogP contribution in [0.25, 0.3) is 10.9 Å². The highest BCUT2D eigenvalue weighted by Gasteiger charge is 2.28. The van der Waals surface area contributed by atoms with Gasteiger partial charge in [-0.15, -0.1) is 0 Å². The fraction of sp³-hybridized carbons (Fsp3) is 0.152. The molecule has 3 aromatic carbocycles. The number of nitriles is 1. The van der Waals surface area contributed by atoms with Crippen LogP contribution < -0.4 is 4.90 Å². The van der Waals surface area contributed by atoms with Gasteiger partial charge in [-0.25, -0.2) is 10.1 Å². The largest absolute Gasteiger partial charge is 0.461 e. The van der Waals surface area contributed by atoms with Gasteiger partial charge in [-0.3, -0.25) is 0 Å². The fourth-order valence-electron chi connectivity index (χ4n) is 4.91. The maximum Gasteiger partial charge on any atom is 0.269 e. The molecule has 2 aliphatic rings. The minimum atomic E-state index is 0.127. The van der Waals surface area contributed by atoms with Crippen LogP contribution >= 0.6 is 0 Å². The Morgan fingerprint density at radius 3 is 2.16 bits per heavy atom. The highest BCUT2D eigenvalue weighted by atomic mass is 16.5. The molecular formula is C33H27N3O. The number of ether oxygens (including phenoxy) is 1. The number of anilines is 3. The molecule has 0 N–H and O–H groups in total. The van der Waals surface area contributed by atoms with E-state index < -0.39 is 0 Å². The summed E-state index contributed by atoms with van der Waals surface area (Å²) in [7, 11) is 0. The molecule has 4 nitrogen and oxygen atoms in total. The summed E-state index contributed by atoms with van der Waals surface area (Å²) in [5, 5.41) is 9.53. The van der Waals surface area contributed by atoms with Crippen LogP contribution in [-0.4, -0.2) is 0 Å². The third kappa shape index (κ3) is 5.10. The summed E-state index contributed by atoms with van der Waals surface area (Å²) in [5.74, 6) is 1.82. The lowest BCUT2D eigenvalue weighted by Gasteiger charge is -2.30. The van der Waals surface area contributed by atoms with Gasteiger partial charge in [-0.05, 0) is 78.9 Å². The first-order valence-electron chi connectivity index (χ1n) is 12.5. The molecule has 0 bridgehead atoms. The number of nitrogens with zero attached hydrogens (tertiary/aromatic N) is 3. The monoisotopic (exact) mass is 481 g/mol. The molecule has 0 radical (unpaired) electrons. The van der Waals surface area contributed by atoms with E-state index >= 15 is 0 Å². The average Bonchev–Trinajstić information content (AvgIpc) is 2.95. The maximum atomic E-state index is 9.53. The van der Waals surface area contributed by atoms with E-state index in [2.05, 4.69) is 71.3 Å². The zero-order valence-electron chi connectivity index (χ0n) is 20.8. The molecule has 1 aliphatic carbocycles. The van der Waals surface area contributed by atoms with E-state index in [0.717, 1.165) is 53.2 Å². The van der Waals surface area contributed by atoms with Crippen LogP contribution in [0.2, 0.25) is 0 Å². The van der Waals surface area contributed by atoms with Gasteiger partial charge < -0.3 is 9.64 Å². The molecule has 0 saturated carbocycles. The predicted octanol–water partition coefficient (Wildman–Crippen LogP) is 8.85. The van der Waals surface area contributed by atoms with Gasteiger partial charge in [0, 0.05) is 28.6 Å². The van der Waals surface area contributed by atoms with Gasteiger partial charge in [0.15, 0.2) is 0 Å². The zero-order valence-corrected chi connectivity index (χ0v) is 20.8. The highest BCUT2D eigenvalue weighted by Crippen LogP contribution is 2.41. The quantitative estimate of drug-likeness (QED) is 0.270. The Kier molecular flexibility index (Phi) is 7.02. The minimum Gasteiger partial charge on any atom is -0.461 e. The van der Waals surface area contributed by atoms with Gasteiger partial charge in [0.1, 0.15) is 11.5 Å². The molecule has 0 spiro atoms. The van der Waals surface area contributed by atoms with Crippen molar-refractivity contribution < 1.29 is 4.74 Å². The van der Waals surface area contributed by atoms with E-state index in [1.54, 1.807) is 0 Å². The van der Waals surface area contributed by atoms with Crippen molar-refractivity contribution in [3.8, 4) is 6.07 Å². The number of para-hydroxylation sites is 2. The average molecular weight is 482 g/mol. The van der Waals surface area contributed by atoms with E-state index in [4.69, 9.17) is 11.3 Å². The van der Waals surface area contributed by atoms with E-state index in [0.29, 0.717) is 11.3 Å². The normalized spacial score (nSPS) is 18.2. The predicted molar refractivity (Wildman–Crippen MR) is 149 cm³/mol. The zero-order chi connectivity index (χ0) is 25.6. The van der Waals surface area contributed by atoms with Crippen LogP contribution in [0.15, 0.2) is 125 Å². The van der Waals surface area contributed by atoms with Gasteiger partial charge in [-0.1, -0.05) is 61.5 Å². The first kappa shape index (κ1) is 23.9. The van der Waals surface area contributed by atoms with Crippen LogP contribution in [0.4, 0.5) is 17.1 Å². The maximum absolute atomic E-state index is 9.53. The summed E-state index contributed by atoms with van der Waals surface area (Å²) in [6.07, 6.45) is 8.69. The van der Waals surface area contributed by atoms with Crippen molar-refractivity contribution in [2.45, 2.75) is 26.2 Å². The molecule has 37 heavy (non-hydrogen) atoms. The van der Waals surface area contributed by atoms with Crippen molar-refractivity contribution in [2.75, 3.05) is 4.90 Å². The van der Waals surface area contributed by atoms with Crippen molar-refractivity contribution in [1.29, 1.82) is 5.26 Å². The third-order valence-corrected chi connectivity index (χ3v) is 6.74. The Hall–Kier alpha value is -4.80. The topological polar surface area (TPSA) is 40.6 Å². The molecule has 0 fully saturated rings. The molecule has 0 saturated heterocycles. The summed E-state index contributed by atoms with van der Waals surface area (Å²) in [5.41, 5.74) is 6.13. The third-order valence-electron chi connectivity index (χ3n) is 6.74. The fourth-order valence-corrected chi connectivity index (χ4v) is 4.91. The molecule has 0 aromatic heterocycles. The molecule has 1 aliphatic heterocycles. The number of benzene rings is 3. The first-order valence-corrected chi connectivity index (χ1v) is 12.5. The Labute approximate surface area is 218 Å². The number of allylic oxidation sites excluding steroid dienone is 6. The van der Waals surface area contributed by atoms with Crippen molar-refractivity contribution in [2.24, 2.45) is 5.92 Å². The smallest absolute Gasteiger partial charge is 0.269 e. The van der Waals surface area contributed by atoms with Crippen LogP contribution in [0.3, 0.4) is 0 Å². The number of hydrogen-bond acceptors (Lipinski definition) is 3. The summed E-state index contributed by atoms with van der Waals surface area (Å²) in [6.45, 7) is 9.61. The Morgan fingerprint density at radius 1 is 0.946 bits per heavy atom. The molecule has 1 unspecified atom stereocenters. The van der Waals surface area contributed by atoms with E-state index in [-0.39, 0.29) is 11.6 Å². The molecule has 4 heteroatoms. The Balaban J connectivity index is 1.43. The molecule has 0 amide bonds. The molecule has 1 heterocycles. The molecular weight excluding hydrogens is 454 g/mol. The second kappa shape index (κ2) is 10.9. The molecule has 5 rings (SSSR count). The Bertz CT molecular complexity index is 1430. The van der Waals surface area contributed by atoms with E-state index in [9.17, 15) is 5.26 Å². The lowest BCUT2D eigenvalue weighted by atomic mass is 9.84. The summed E-state index contributed by atoms with van der Waals surface area (Å²) in [4.78, 5) is 5.71. The second-order valence-electron chi connectivity index (χ2n) is 9.20. The van der Waals surface area contributed by atoms with Crippen LogP contribution in [0.5, 0.6) is 0 Å². The van der Waals surface area contributed by atoms with Gasteiger partial charge in [0.25, 0.3) is 5.70 Å². The van der Waals surface area contributed by atoms with Crippen LogP contribution in [-0.2, 0) is 4.74 Å². The lowest BCUT2D eigenvalue weighted by Crippen LogP contribution is -2.16. The summed E-state index contributed by atoms with van der Waals surface area (Å²) < 4.78 is 6.27. The van der Waals surface area contributed by atoms with Crippen molar-refractivity contribution in [3.63, 3.8) is 0 Å². The second-order valence-corrected chi connectivity index (χ2v) is 9.20. The Morgan fingerprint density at radius 2 is 1.57 bits per heavy atom. The number of hydrogen-bond donors (Lipinski definition) is 0. The van der Waals surface area contributed by atoms with Gasteiger partial charge >= 0.3 is 0 Å². The molecule has 1 atom stereocenters. The minimum absolute atomic E-state index is 0.127. The van der Waals surface area contributed by atoms with Gasteiger partial charge in [-0.2, -0.15) is 0 Å². The first-order chi connectivity index (χ1) is 18.2. The molecule has 180 valence electrons. The van der Waals surface area contributed by atoms with E-state index in [1.165, 1.54) is 0 Å². The number of rotatable bonds is 5. The van der Waals surface area contributed by atoms with Crippen molar-refractivity contribution >= 4 is 23.1 Å².